The zero-order valence-corrected chi connectivity index (χ0v) is 34.9. The first-order chi connectivity index (χ1) is 29.4. The Morgan fingerprint density at radius 3 is 1.95 bits per heavy atom. The van der Waals surface area contributed by atoms with Crippen molar-refractivity contribution in [3.63, 3.8) is 0 Å². The number of aromatic nitrogens is 1. The van der Waals surface area contributed by atoms with Crippen LogP contribution >= 0.6 is 0 Å². The Bertz CT molecular complexity index is 2030. The van der Waals surface area contributed by atoms with Gasteiger partial charge in [-0.1, -0.05) is 44.2 Å². The summed E-state index contributed by atoms with van der Waals surface area (Å²) < 4.78 is 0. The Hall–Kier alpha value is -6.74. The van der Waals surface area contributed by atoms with Crippen molar-refractivity contribution in [1.29, 1.82) is 0 Å². The lowest BCUT2D eigenvalue weighted by Gasteiger charge is -2.28. The molecule has 0 aliphatic carbocycles. The van der Waals surface area contributed by atoms with E-state index in [1.165, 1.54) is 24.3 Å². The van der Waals surface area contributed by atoms with Gasteiger partial charge in [-0.05, 0) is 73.9 Å². The number of fused-ring (bicyclic) bond motifs is 1. The summed E-state index contributed by atoms with van der Waals surface area (Å²) >= 11 is 0. The summed E-state index contributed by atoms with van der Waals surface area (Å²) in [4.78, 5) is 100.0. The minimum atomic E-state index is -1.64. The number of aromatic hydroxyl groups is 1. The van der Waals surface area contributed by atoms with Crippen LogP contribution in [-0.2, 0) is 46.4 Å². The highest BCUT2D eigenvalue weighted by atomic mass is 16.4. The van der Waals surface area contributed by atoms with E-state index in [1.54, 1.807) is 26.1 Å². The Labute approximate surface area is 358 Å². The van der Waals surface area contributed by atoms with Gasteiger partial charge in [0.05, 0.1) is 12.5 Å². The maximum Gasteiger partial charge on any atom is 0.326 e. The summed E-state index contributed by atoms with van der Waals surface area (Å²) in [5, 5.41) is 33.1. The molecule has 1 heterocycles. The van der Waals surface area contributed by atoms with E-state index < -0.39 is 90.0 Å². The highest BCUT2D eigenvalue weighted by Crippen LogP contribution is 2.20. The molecule has 18 N–H and O–H groups in total. The van der Waals surface area contributed by atoms with Gasteiger partial charge in [0.25, 0.3) is 0 Å². The molecule has 338 valence electrons. The van der Waals surface area contributed by atoms with E-state index in [0.29, 0.717) is 36.9 Å². The molecular formula is C41H60N12O9. The summed E-state index contributed by atoms with van der Waals surface area (Å²) in [5.74, 6) is -7.21. The number of phenolic OH excluding ortho intramolecular Hbond substituents is 1. The van der Waals surface area contributed by atoms with Crippen LogP contribution in [0.25, 0.3) is 10.9 Å². The molecule has 0 aliphatic rings. The summed E-state index contributed by atoms with van der Waals surface area (Å²) in [5.41, 5.74) is 29.9. The van der Waals surface area contributed by atoms with Crippen molar-refractivity contribution in [2.24, 2.45) is 39.6 Å². The second-order valence-corrected chi connectivity index (χ2v) is 15.3. The molecule has 3 aromatic rings. The number of hydrogen-bond acceptors (Lipinski definition) is 11. The minimum absolute atomic E-state index is 0.0481. The number of benzene rings is 2. The minimum Gasteiger partial charge on any atom is -0.508 e. The predicted molar refractivity (Wildman–Crippen MR) is 231 cm³/mol. The Balaban J connectivity index is 1.87. The van der Waals surface area contributed by atoms with Crippen molar-refractivity contribution in [2.75, 3.05) is 13.1 Å². The molecule has 0 radical (unpaired) electrons. The van der Waals surface area contributed by atoms with E-state index in [0.717, 1.165) is 10.9 Å². The van der Waals surface area contributed by atoms with Gasteiger partial charge < -0.3 is 70.4 Å². The number of guanidine groups is 1. The first-order valence-corrected chi connectivity index (χ1v) is 20.3. The zero-order valence-electron chi connectivity index (χ0n) is 34.9. The number of carbonyl (C=O) groups is 7. The SMILES string of the molecule is CC(C)[C@H](NC(=O)[C@H](Cc1c[nH]c2ccccc12)NC(=O)[C@H](CCCCN)NC(=O)[C@@H](N)CCCN=C(N)N)C(=O)N[C@@H](CC(N)=O)C(=O)N[C@@H](Cc1ccc(O)cc1)C(=O)O. The molecule has 6 amide bonds. The molecule has 0 bridgehead atoms. The molecule has 6 atom stereocenters. The van der Waals surface area contributed by atoms with Crippen LogP contribution in [0.5, 0.6) is 5.75 Å². The van der Waals surface area contributed by atoms with Crippen LogP contribution in [0.2, 0.25) is 0 Å². The molecule has 62 heavy (non-hydrogen) atoms. The smallest absolute Gasteiger partial charge is 0.326 e. The number of para-hydroxylation sites is 1. The van der Waals surface area contributed by atoms with E-state index in [9.17, 15) is 43.8 Å². The monoisotopic (exact) mass is 864 g/mol. The number of unbranched alkanes of at least 4 members (excludes halogenated alkanes) is 1. The number of aliphatic carboxylic acids is 1. The van der Waals surface area contributed by atoms with E-state index in [4.69, 9.17) is 28.7 Å². The van der Waals surface area contributed by atoms with Gasteiger partial charge in [0.2, 0.25) is 35.4 Å². The normalized spacial score (nSPS) is 14.0. The van der Waals surface area contributed by atoms with Gasteiger partial charge in [-0.2, -0.15) is 0 Å². The van der Waals surface area contributed by atoms with Crippen molar-refractivity contribution in [2.45, 2.75) is 101 Å². The number of aromatic amines is 1. The van der Waals surface area contributed by atoms with E-state index in [2.05, 4.69) is 36.6 Å². The number of H-pyrrole nitrogens is 1. The maximum absolute atomic E-state index is 14.3. The molecule has 21 nitrogen and oxygen atoms in total. The summed E-state index contributed by atoms with van der Waals surface area (Å²) in [7, 11) is 0. The van der Waals surface area contributed by atoms with Crippen LogP contribution < -0.4 is 55.3 Å². The highest BCUT2D eigenvalue weighted by molar-refractivity contribution is 5.98. The number of phenols is 1. The zero-order chi connectivity index (χ0) is 45.9. The second-order valence-electron chi connectivity index (χ2n) is 15.3. The van der Waals surface area contributed by atoms with Gasteiger partial charge in [0.1, 0.15) is 36.0 Å². The van der Waals surface area contributed by atoms with Crippen LogP contribution in [0.1, 0.15) is 63.5 Å². The van der Waals surface area contributed by atoms with Gasteiger partial charge >= 0.3 is 5.97 Å². The Kier molecular flexibility index (Phi) is 19.6. The molecule has 0 spiro atoms. The number of primary amides is 1. The van der Waals surface area contributed by atoms with Crippen molar-refractivity contribution in [3.05, 3.63) is 65.9 Å². The number of rotatable bonds is 26. The number of nitrogens with zero attached hydrogens (tertiary/aromatic N) is 1. The number of amides is 6. The number of carboxylic acids is 1. The molecule has 1 aromatic heterocycles. The lowest BCUT2D eigenvalue weighted by Crippen LogP contribution is -2.61. The van der Waals surface area contributed by atoms with Crippen molar-refractivity contribution in [1.82, 2.24) is 31.6 Å². The summed E-state index contributed by atoms with van der Waals surface area (Å²) in [6.07, 6.45) is 2.48. The van der Waals surface area contributed by atoms with Gasteiger partial charge in [-0.15, -0.1) is 0 Å². The van der Waals surface area contributed by atoms with Crippen LogP contribution in [0.4, 0.5) is 0 Å². The van der Waals surface area contributed by atoms with Crippen molar-refractivity contribution < 1.29 is 43.8 Å². The topological polar surface area (TPSA) is 378 Å². The Morgan fingerprint density at radius 2 is 1.32 bits per heavy atom. The summed E-state index contributed by atoms with van der Waals surface area (Å²) in [6, 6.07) is 4.99. The number of nitrogens with two attached hydrogens (primary N) is 5. The third-order valence-electron chi connectivity index (χ3n) is 9.89. The van der Waals surface area contributed by atoms with Crippen molar-refractivity contribution >= 4 is 58.3 Å². The van der Waals surface area contributed by atoms with Gasteiger partial charge in [0, 0.05) is 36.5 Å². The maximum atomic E-state index is 14.3. The number of aliphatic imine (C=N–C) groups is 1. The quantitative estimate of drug-likeness (QED) is 0.0241. The molecule has 0 saturated carbocycles. The predicted octanol–water partition coefficient (Wildman–Crippen LogP) is -1.79. The van der Waals surface area contributed by atoms with Crippen LogP contribution in [-0.4, -0.2) is 112 Å². The molecule has 0 saturated heterocycles. The van der Waals surface area contributed by atoms with Gasteiger partial charge in [0.15, 0.2) is 5.96 Å². The van der Waals surface area contributed by atoms with Gasteiger partial charge in [-0.3, -0.25) is 33.8 Å². The fraction of sp³-hybridized carbons (Fsp3) is 0.463. The first kappa shape index (κ1) is 49.6. The Morgan fingerprint density at radius 1 is 0.710 bits per heavy atom. The first-order valence-electron chi connectivity index (χ1n) is 20.3. The standard InChI is InChI=1S/C41H60N12O9/c1-22(2)34(39(60)51-31(20-33(44)55)37(58)52-32(40(61)62)18-23-12-14-25(54)15-13-23)53-38(59)30(19-24-21-48-28-10-4-3-8-26(24)28)50-36(57)29(11-5-6-16-42)49-35(56)27(43)9-7-17-47-41(45)46/h3-4,8,10,12-15,21-22,27,29-32,34,48,54H,5-7,9,11,16-20,42-43H2,1-2H3,(H2,44,55)(H,49,56)(H,50,57)(H,51,60)(H,52,58)(H,53,59)(H,61,62)(H4,45,46,47)/t27-,29-,30-,31-,32-,34-/m0/s1. The highest BCUT2D eigenvalue weighted by Gasteiger charge is 2.35. The number of nitrogens with one attached hydrogen (secondary N) is 6. The lowest BCUT2D eigenvalue weighted by molar-refractivity contribution is -0.142. The van der Waals surface area contributed by atoms with E-state index >= 15 is 0 Å². The van der Waals surface area contributed by atoms with Crippen LogP contribution in [0, 0.1) is 5.92 Å². The van der Waals surface area contributed by atoms with Gasteiger partial charge in [-0.25, -0.2) is 4.79 Å². The fourth-order valence-electron chi connectivity index (χ4n) is 6.49. The second kappa shape index (κ2) is 24.5. The molecule has 3 rings (SSSR count). The lowest BCUT2D eigenvalue weighted by atomic mass is 9.99. The molecule has 0 fully saturated rings. The number of carboxylic acid groups (broad SMARTS) is 1. The largest absolute Gasteiger partial charge is 0.508 e. The van der Waals surface area contributed by atoms with Crippen LogP contribution in [0.3, 0.4) is 0 Å². The molecule has 0 aliphatic heterocycles. The molecule has 2 aromatic carbocycles. The fourth-order valence-corrected chi connectivity index (χ4v) is 6.49. The summed E-state index contributed by atoms with van der Waals surface area (Å²) in [6.45, 7) is 3.81. The van der Waals surface area contributed by atoms with Crippen LogP contribution in [0.15, 0.2) is 59.7 Å². The average Bonchev–Trinajstić information content (AvgIpc) is 3.62. The third-order valence-corrected chi connectivity index (χ3v) is 9.89. The van der Waals surface area contributed by atoms with E-state index in [1.807, 2.05) is 18.2 Å². The molecule has 21 heteroatoms. The van der Waals surface area contributed by atoms with E-state index in [-0.39, 0.29) is 43.9 Å². The third kappa shape index (κ3) is 16.0. The number of hydrogen-bond donors (Lipinski definition) is 13. The average molecular weight is 865 g/mol. The molecular weight excluding hydrogens is 805 g/mol. The van der Waals surface area contributed by atoms with Crippen molar-refractivity contribution in [3.8, 4) is 5.75 Å². The number of carbonyl (C=O) groups excluding carboxylic acids is 6. The molecule has 0 unspecified atom stereocenters.